The van der Waals surface area contributed by atoms with Crippen LogP contribution in [0, 0.1) is 6.92 Å². The summed E-state index contributed by atoms with van der Waals surface area (Å²) in [6.07, 6.45) is 1.63. The third-order valence-corrected chi connectivity index (χ3v) is 3.87. The van der Waals surface area contributed by atoms with E-state index in [2.05, 4.69) is 6.58 Å². The van der Waals surface area contributed by atoms with Crippen LogP contribution in [0.2, 0.25) is 0 Å². The summed E-state index contributed by atoms with van der Waals surface area (Å²) in [5.74, 6) is -0.203. The Labute approximate surface area is 125 Å². The zero-order valence-electron chi connectivity index (χ0n) is 12.2. The van der Waals surface area contributed by atoms with Crippen LogP contribution in [0.1, 0.15) is 15.9 Å². The van der Waals surface area contributed by atoms with Crippen molar-refractivity contribution in [2.75, 3.05) is 26.8 Å². The second-order valence-corrected chi connectivity index (χ2v) is 6.12. The predicted octanol–water partition coefficient (Wildman–Crippen LogP) is 0.917. The number of carbonyl (C=O) groups is 1. The van der Waals surface area contributed by atoms with Crippen LogP contribution in [0.3, 0.4) is 0 Å². The molecule has 6 nitrogen and oxygen atoms in total. The van der Waals surface area contributed by atoms with E-state index in [1.165, 1.54) is 18.2 Å². The molecule has 0 fully saturated rings. The van der Waals surface area contributed by atoms with Gasteiger partial charge in [-0.25, -0.2) is 13.6 Å². The topological polar surface area (TPSA) is 89.7 Å². The largest absolute Gasteiger partial charge is 0.383 e. The van der Waals surface area contributed by atoms with Gasteiger partial charge in [0.05, 0.1) is 11.5 Å². The van der Waals surface area contributed by atoms with Gasteiger partial charge in [0.1, 0.15) is 0 Å². The molecule has 0 heterocycles. The number of amides is 1. The lowest BCUT2D eigenvalue weighted by molar-refractivity contribution is 0.0717. The van der Waals surface area contributed by atoms with Crippen LogP contribution in [0.5, 0.6) is 0 Å². The van der Waals surface area contributed by atoms with Gasteiger partial charge in [-0.05, 0) is 30.7 Å². The molecule has 1 aromatic carbocycles. The average Bonchev–Trinajstić information content (AvgIpc) is 2.41. The first-order valence-corrected chi connectivity index (χ1v) is 7.88. The number of primary sulfonamides is 1. The first-order chi connectivity index (χ1) is 9.81. The number of sulfonamides is 1. The molecule has 21 heavy (non-hydrogen) atoms. The molecule has 0 aliphatic carbocycles. The fourth-order valence-electron chi connectivity index (χ4n) is 1.86. The Kier molecular flexibility index (Phi) is 6.07. The number of carbonyl (C=O) groups excluding carboxylic acids is 1. The number of benzene rings is 1. The molecule has 0 spiro atoms. The summed E-state index contributed by atoms with van der Waals surface area (Å²) < 4.78 is 27.6. The Bertz CT molecular complexity index is 626. The first kappa shape index (κ1) is 17.4. The lowest BCUT2D eigenvalue weighted by Crippen LogP contribution is -2.34. The highest BCUT2D eigenvalue weighted by atomic mass is 32.2. The highest BCUT2D eigenvalue weighted by molar-refractivity contribution is 7.89. The van der Waals surface area contributed by atoms with Gasteiger partial charge in [-0.3, -0.25) is 4.79 Å². The number of methoxy groups -OCH3 is 1. The number of nitrogens with two attached hydrogens (primary N) is 1. The first-order valence-electron chi connectivity index (χ1n) is 6.33. The number of hydrogen-bond acceptors (Lipinski definition) is 4. The molecule has 1 rings (SSSR count). The van der Waals surface area contributed by atoms with E-state index in [0.29, 0.717) is 30.8 Å². The minimum atomic E-state index is -3.77. The molecule has 0 bridgehead atoms. The van der Waals surface area contributed by atoms with Gasteiger partial charge in [0.2, 0.25) is 10.0 Å². The minimum absolute atomic E-state index is 0.0105. The predicted molar refractivity (Wildman–Crippen MR) is 80.5 cm³/mol. The second kappa shape index (κ2) is 7.35. The molecule has 0 aliphatic heterocycles. The number of hydrogen-bond donors (Lipinski definition) is 1. The monoisotopic (exact) mass is 312 g/mol. The molecular formula is C14H20N2O4S. The summed E-state index contributed by atoms with van der Waals surface area (Å²) in [5.41, 5.74) is 0.985. The third-order valence-electron chi connectivity index (χ3n) is 2.96. The van der Waals surface area contributed by atoms with Crippen LogP contribution < -0.4 is 5.14 Å². The summed E-state index contributed by atoms with van der Waals surface area (Å²) in [6, 6.07) is 4.20. The summed E-state index contributed by atoms with van der Waals surface area (Å²) >= 11 is 0. The smallest absolute Gasteiger partial charge is 0.254 e. The molecule has 0 aliphatic rings. The normalized spacial score (nSPS) is 11.2. The fraction of sp³-hybridized carbons (Fsp3) is 0.357. The lowest BCUT2D eigenvalue weighted by atomic mass is 10.1. The average molecular weight is 312 g/mol. The molecular weight excluding hydrogens is 292 g/mol. The number of nitrogens with zero attached hydrogens (tertiary/aromatic N) is 1. The zero-order chi connectivity index (χ0) is 16.0. The van der Waals surface area contributed by atoms with E-state index in [1.54, 1.807) is 25.0 Å². The van der Waals surface area contributed by atoms with E-state index in [1.807, 2.05) is 0 Å². The van der Waals surface area contributed by atoms with Gasteiger partial charge in [-0.15, -0.1) is 6.58 Å². The van der Waals surface area contributed by atoms with E-state index < -0.39 is 10.0 Å². The van der Waals surface area contributed by atoms with E-state index in [-0.39, 0.29) is 10.8 Å². The van der Waals surface area contributed by atoms with E-state index in [0.717, 1.165) is 0 Å². The Balaban J connectivity index is 3.08. The maximum Gasteiger partial charge on any atom is 0.254 e. The highest BCUT2D eigenvalue weighted by Gasteiger charge is 2.18. The third kappa shape index (κ3) is 4.66. The Morgan fingerprint density at radius 2 is 2.14 bits per heavy atom. The van der Waals surface area contributed by atoms with Crippen molar-refractivity contribution in [3.8, 4) is 0 Å². The quantitative estimate of drug-likeness (QED) is 0.758. The number of rotatable bonds is 7. The van der Waals surface area contributed by atoms with Crippen molar-refractivity contribution in [1.82, 2.24) is 4.90 Å². The van der Waals surface area contributed by atoms with Crippen LogP contribution in [0.15, 0.2) is 35.7 Å². The Morgan fingerprint density at radius 3 is 2.62 bits per heavy atom. The maximum atomic E-state index is 12.5. The molecule has 7 heteroatoms. The molecule has 0 radical (unpaired) electrons. The van der Waals surface area contributed by atoms with Crippen molar-refractivity contribution in [3.63, 3.8) is 0 Å². The van der Waals surface area contributed by atoms with E-state index in [4.69, 9.17) is 9.88 Å². The molecule has 0 saturated heterocycles. The molecule has 0 atom stereocenters. The van der Waals surface area contributed by atoms with Gasteiger partial charge >= 0.3 is 0 Å². The highest BCUT2D eigenvalue weighted by Crippen LogP contribution is 2.16. The van der Waals surface area contributed by atoms with Crippen molar-refractivity contribution in [2.24, 2.45) is 5.14 Å². The molecule has 116 valence electrons. The van der Waals surface area contributed by atoms with Crippen LogP contribution in [-0.4, -0.2) is 46.0 Å². The molecule has 2 N–H and O–H groups in total. The SMILES string of the molecule is C=CCN(CCOC)C(=O)c1ccc(S(N)(=O)=O)cc1C. The Morgan fingerprint density at radius 1 is 1.48 bits per heavy atom. The Hall–Kier alpha value is -1.70. The molecule has 1 amide bonds. The van der Waals surface area contributed by atoms with Crippen molar-refractivity contribution in [1.29, 1.82) is 0 Å². The number of ether oxygens (including phenoxy) is 1. The second-order valence-electron chi connectivity index (χ2n) is 4.55. The standard InChI is InChI=1S/C14H20N2O4S/c1-4-7-16(8-9-20-3)14(17)13-6-5-12(10-11(13)2)21(15,18)19/h4-6,10H,1,7-9H2,2-3H3,(H2,15,18,19). The van der Waals surface area contributed by atoms with Crippen molar-refractivity contribution >= 4 is 15.9 Å². The van der Waals surface area contributed by atoms with Crippen LogP contribution >= 0.6 is 0 Å². The fourth-order valence-corrected chi connectivity index (χ4v) is 2.46. The van der Waals surface area contributed by atoms with Crippen molar-refractivity contribution < 1.29 is 17.9 Å². The molecule has 0 saturated carbocycles. The zero-order valence-corrected chi connectivity index (χ0v) is 13.0. The molecule has 1 aromatic rings. The maximum absolute atomic E-state index is 12.5. The van der Waals surface area contributed by atoms with E-state index in [9.17, 15) is 13.2 Å². The summed E-state index contributed by atoms with van der Waals surface area (Å²) in [4.78, 5) is 14.0. The van der Waals surface area contributed by atoms with Gasteiger partial charge in [0.15, 0.2) is 0 Å². The summed E-state index contributed by atoms with van der Waals surface area (Å²) in [6.45, 7) is 6.52. The van der Waals surface area contributed by atoms with Gasteiger partial charge in [-0.1, -0.05) is 6.08 Å². The van der Waals surface area contributed by atoms with Gasteiger partial charge in [0, 0.05) is 25.8 Å². The van der Waals surface area contributed by atoms with Gasteiger partial charge < -0.3 is 9.64 Å². The van der Waals surface area contributed by atoms with Crippen LogP contribution in [0.25, 0.3) is 0 Å². The van der Waals surface area contributed by atoms with Crippen LogP contribution in [0.4, 0.5) is 0 Å². The van der Waals surface area contributed by atoms with E-state index >= 15 is 0 Å². The molecule has 0 aromatic heterocycles. The molecule has 0 unspecified atom stereocenters. The van der Waals surface area contributed by atoms with Crippen molar-refractivity contribution in [3.05, 3.63) is 42.0 Å². The minimum Gasteiger partial charge on any atom is -0.383 e. The van der Waals surface area contributed by atoms with Gasteiger partial charge in [-0.2, -0.15) is 0 Å². The van der Waals surface area contributed by atoms with Crippen LogP contribution in [-0.2, 0) is 14.8 Å². The van der Waals surface area contributed by atoms with Gasteiger partial charge in [0.25, 0.3) is 5.91 Å². The summed E-state index contributed by atoms with van der Waals surface area (Å²) in [5, 5.41) is 5.07. The lowest BCUT2D eigenvalue weighted by Gasteiger charge is -2.21. The number of aryl methyl sites for hydroxylation is 1. The van der Waals surface area contributed by atoms with Crippen molar-refractivity contribution in [2.45, 2.75) is 11.8 Å². The summed E-state index contributed by atoms with van der Waals surface area (Å²) in [7, 11) is -2.22.